The number of benzene rings is 2. The number of nitro benzene ring substituents is 1. The van der Waals surface area contributed by atoms with E-state index >= 15 is 0 Å². The fourth-order valence-corrected chi connectivity index (χ4v) is 5.61. The number of non-ortho nitro benzene ring substituents is 1. The maximum atomic E-state index is 10.8. The summed E-state index contributed by atoms with van der Waals surface area (Å²) < 4.78 is 7.13. The highest BCUT2D eigenvalue weighted by Gasteiger charge is 2.13. The van der Waals surface area contributed by atoms with Gasteiger partial charge in [-0.15, -0.1) is 0 Å². The smallest absolute Gasteiger partial charge is 0.269 e. The largest absolute Gasteiger partial charge is 0.494 e. The van der Waals surface area contributed by atoms with Gasteiger partial charge in [-0.2, -0.15) is 0 Å². The summed E-state index contributed by atoms with van der Waals surface area (Å²) in [5.41, 5.74) is 2.12. The molecule has 0 fully saturated rings. The van der Waals surface area contributed by atoms with Crippen molar-refractivity contribution in [2.24, 2.45) is 0 Å². The molecule has 0 radical (unpaired) electrons. The Morgan fingerprint density at radius 3 is 1.44 bits per heavy atom. The van der Waals surface area contributed by atoms with Gasteiger partial charge in [-0.3, -0.25) is 10.1 Å². The Morgan fingerprint density at radius 1 is 0.605 bits per heavy atom. The molecule has 0 aliphatic heterocycles. The van der Waals surface area contributed by atoms with Gasteiger partial charge in [0.05, 0.1) is 38.7 Å². The fraction of sp³-hybridized carbons (Fsp3) is 0.632. The molecule has 43 heavy (non-hydrogen) atoms. The Labute approximate surface area is 263 Å². The molecule has 5 nitrogen and oxygen atoms in total. The number of ether oxygens (including phenoxy) is 1. The molecule has 240 valence electrons. The Bertz CT molecular complexity index is 999. The minimum absolute atomic E-state index is 0.109. The molecule has 0 aliphatic carbocycles. The van der Waals surface area contributed by atoms with E-state index in [1.807, 2.05) is 36.4 Å². The number of hydrogen-bond donors (Lipinski definition) is 0. The monoisotopic (exact) mass is 593 g/mol. The van der Waals surface area contributed by atoms with Gasteiger partial charge in [-0.25, -0.2) is 0 Å². The van der Waals surface area contributed by atoms with Gasteiger partial charge in [0.2, 0.25) is 0 Å². The summed E-state index contributed by atoms with van der Waals surface area (Å²) in [4.78, 5) is 10.4. The van der Waals surface area contributed by atoms with Gasteiger partial charge in [0.15, 0.2) is 0 Å². The van der Waals surface area contributed by atoms with Gasteiger partial charge in [-0.05, 0) is 67.5 Å². The molecule has 0 N–H and O–H groups in total. The average Bonchev–Trinajstić information content (AvgIpc) is 3.00. The molecule has 0 heterocycles. The molecule has 2 rings (SSSR count). The molecule has 2 aromatic carbocycles. The van der Waals surface area contributed by atoms with Crippen LogP contribution in [0, 0.1) is 10.1 Å². The van der Waals surface area contributed by atoms with Crippen LogP contribution in [0.2, 0.25) is 0 Å². The highest BCUT2D eigenvalue weighted by Crippen LogP contribution is 2.18. The van der Waals surface area contributed by atoms with Crippen LogP contribution in [0.25, 0.3) is 12.2 Å². The first kappa shape index (κ1) is 36.5. The van der Waals surface area contributed by atoms with Crippen LogP contribution < -0.4 is 4.74 Å². The van der Waals surface area contributed by atoms with Crippen LogP contribution in [0.15, 0.2) is 48.5 Å². The van der Waals surface area contributed by atoms with E-state index in [1.165, 1.54) is 139 Å². The Morgan fingerprint density at radius 2 is 1.00 bits per heavy atom. The maximum absolute atomic E-state index is 10.8. The highest BCUT2D eigenvalue weighted by atomic mass is 16.6. The first-order valence-electron chi connectivity index (χ1n) is 17.4. The zero-order chi connectivity index (χ0) is 31.0. The molecule has 0 spiro atoms. The second-order valence-electron chi connectivity index (χ2n) is 13.0. The summed E-state index contributed by atoms with van der Waals surface area (Å²) in [6.45, 7) is 5.74. The summed E-state index contributed by atoms with van der Waals surface area (Å²) >= 11 is 0. The van der Waals surface area contributed by atoms with Gasteiger partial charge in [0.25, 0.3) is 5.69 Å². The van der Waals surface area contributed by atoms with Crippen molar-refractivity contribution in [2.45, 2.75) is 122 Å². The van der Waals surface area contributed by atoms with Gasteiger partial charge in [0.1, 0.15) is 5.75 Å². The predicted octanol–water partition coefficient (Wildman–Crippen LogP) is 11.3. The fourth-order valence-electron chi connectivity index (χ4n) is 5.61. The van der Waals surface area contributed by atoms with Crippen LogP contribution in [0.1, 0.15) is 134 Å². The van der Waals surface area contributed by atoms with Crippen LogP contribution in [0.3, 0.4) is 0 Å². The topological polar surface area (TPSA) is 52.4 Å². The molecular formula is C38H61N2O3+. The Kier molecular flexibility index (Phi) is 19.4. The lowest BCUT2D eigenvalue weighted by Gasteiger charge is -2.30. The van der Waals surface area contributed by atoms with E-state index in [9.17, 15) is 10.1 Å². The second-order valence-corrected chi connectivity index (χ2v) is 13.0. The lowest BCUT2D eigenvalue weighted by molar-refractivity contribution is -0.890. The van der Waals surface area contributed by atoms with E-state index in [4.69, 9.17) is 4.74 Å². The molecule has 0 bridgehead atoms. The minimum Gasteiger partial charge on any atom is -0.494 e. The molecule has 0 unspecified atom stereocenters. The van der Waals surface area contributed by atoms with E-state index in [-0.39, 0.29) is 10.6 Å². The zero-order valence-corrected chi connectivity index (χ0v) is 27.7. The van der Waals surface area contributed by atoms with Crippen molar-refractivity contribution in [2.75, 3.05) is 33.8 Å². The van der Waals surface area contributed by atoms with Crippen molar-refractivity contribution in [3.63, 3.8) is 0 Å². The van der Waals surface area contributed by atoms with E-state index in [2.05, 4.69) is 21.0 Å². The molecular weight excluding hydrogens is 532 g/mol. The van der Waals surface area contributed by atoms with Crippen molar-refractivity contribution < 1.29 is 14.1 Å². The molecule has 0 amide bonds. The van der Waals surface area contributed by atoms with Crippen LogP contribution in [0.4, 0.5) is 5.69 Å². The van der Waals surface area contributed by atoms with Crippen molar-refractivity contribution in [1.82, 2.24) is 0 Å². The van der Waals surface area contributed by atoms with Crippen molar-refractivity contribution in [3.8, 4) is 5.75 Å². The number of quaternary nitrogens is 1. The van der Waals surface area contributed by atoms with Crippen LogP contribution in [-0.4, -0.2) is 43.2 Å². The van der Waals surface area contributed by atoms with Crippen molar-refractivity contribution in [3.05, 3.63) is 69.8 Å². The van der Waals surface area contributed by atoms with Crippen molar-refractivity contribution >= 4 is 17.8 Å². The average molecular weight is 594 g/mol. The van der Waals surface area contributed by atoms with E-state index in [0.717, 1.165) is 29.9 Å². The Hall–Kier alpha value is -2.66. The lowest BCUT2D eigenvalue weighted by atomic mass is 10.1. The maximum Gasteiger partial charge on any atom is 0.269 e. The van der Waals surface area contributed by atoms with Crippen LogP contribution in [0.5, 0.6) is 5.75 Å². The van der Waals surface area contributed by atoms with Crippen LogP contribution >= 0.6 is 0 Å². The normalized spacial score (nSPS) is 11.8. The number of nitro groups is 1. The molecule has 5 heteroatoms. The van der Waals surface area contributed by atoms with Crippen molar-refractivity contribution in [1.29, 1.82) is 0 Å². The summed E-state index contributed by atoms with van der Waals surface area (Å²) in [5, 5.41) is 10.8. The van der Waals surface area contributed by atoms with Gasteiger partial charge >= 0.3 is 0 Å². The number of nitrogens with zero attached hydrogens (tertiary/aromatic N) is 2. The summed E-state index contributed by atoms with van der Waals surface area (Å²) in [7, 11) is 4.85. The first-order valence-corrected chi connectivity index (χ1v) is 17.4. The second kappa shape index (κ2) is 22.8. The SMILES string of the molecule is CCCCCCCCCC[N+](C)(C)CCCCCCCCCCCCOc1ccc(/C=C/c2ccc([N+](=O)[O-])cc2)cc1. The third kappa shape index (κ3) is 18.6. The molecule has 0 saturated carbocycles. The van der Waals surface area contributed by atoms with Gasteiger partial charge < -0.3 is 9.22 Å². The van der Waals surface area contributed by atoms with Gasteiger partial charge in [0, 0.05) is 12.1 Å². The standard InChI is InChI=1S/C38H61N2O3/c1-4-5-6-7-8-13-16-19-32-40(2,3)33-20-17-14-11-9-10-12-15-18-21-34-43-38-30-26-36(27-31-38)23-22-35-24-28-37(29-25-35)39(41)42/h22-31H,4-21,32-34H2,1-3H3/q+1/b23-22+. The molecule has 0 atom stereocenters. The molecule has 0 aliphatic rings. The number of unbranched alkanes of at least 4 members (excludes halogenated alkanes) is 16. The first-order chi connectivity index (χ1) is 20.9. The molecule has 0 saturated heterocycles. The van der Waals surface area contributed by atoms with E-state index in [0.29, 0.717) is 0 Å². The zero-order valence-electron chi connectivity index (χ0n) is 27.7. The lowest BCUT2D eigenvalue weighted by Crippen LogP contribution is -2.41. The predicted molar refractivity (Wildman–Crippen MR) is 185 cm³/mol. The van der Waals surface area contributed by atoms with Gasteiger partial charge in [-0.1, -0.05) is 115 Å². The number of rotatable bonds is 26. The summed E-state index contributed by atoms with van der Waals surface area (Å²) in [6.07, 6.45) is 28.6. The minimum atomic E-state index is -0.380. The summed E-state index contributed by atoms with van der Waals surface area (Å²) in [6, 6.07) is 14.7. The number of hydrogen-bond acceptors (Lipinski definition) is 3. The third-order valence-electron chi connectivity index (χ3n) is 8.50. The van der Waals surface area contributed by atoms with E-state index in [1.54, 1.807) is 12.1 Å². The molecule has 0 aromatic heterocycles. The third-order valence-corrected chi connectivity index (χ3v) is 8.50. The molecule has 2 aromatic rings. The van der Waals surface area contributed by atoms with E-state index < -0.39 is 0 Å². The summed E-state index contributed by atoms with van der Waals surface area (Å²) in [5.74, 6) is 0.905. The highest BCUT2D eigenvalue weighted by molar-refractivity contribution is 5.70. The Balaban J connectivity index is 1.39. The van der Waals surface area contributed by atoms with Crippen LogP contribution in [-0.2, 0) is 0 Å². The quantitative estimate of drug-likeness (QED) is 0.0358.